The van der Waals surface area contributed by atoms with Crippen LogP contribution in [0.25, 0.3) is 0 Å². The molecule has 0 saturated carbocycles. The van der Waals surface area contributed by atoms with Crippen LogP contribution in [0, 0.1) is 0 Å². The Morgan fingerprint density at radius 1 is 0.508 bits per heavy atom. The number of unbranched alkanes of at least 4 members (excludes halogenated alkanes) is 35. The van der Waals surface area contributed by atoms with Gasteiger partial charge in [0.15, 0.2) is 0 Å². The van der Waals surface area contributed by atoms with E-state index in [0.29, 0.717) is 23.9 Å². The number of nitrogens with zero attached hydrogens (tertiary/aromatic N) is 1. The fourth-order valence-corrected chi connectivity index (χ4v) is 8.73. The van der Waals surface area contributed by atoms with Crippen LogP contribution in [0.3, 0.4) is 0 Å². The number of carbonyl (C=O) groups is 1. The van der Waals surface area contributed by atoms with Crippen LogP contribution in [0.1, 0.15) is 264 Å². The van der Waals surface area contributed by atoms with Gasteiger partial charge in [0, 0.05) is 6.42 Å². The molecule has 0 aliphatic carbocycles. The van der Waals surface area contributed by atoms with Gasteiger partial charge in [-0.15, -0.1) is 0 Å². The van der Waals surface area contributed by atoms with Crippen molar-refractivity contribution in [1.82, 2.24) is 5.32 Å². The molecule has 0 aromatic carbocycles. The van der Waals surface area contributed by atoms with Crippen LogP contribution in [-0.4, -0.2) is 73.4 Å². The van der Waals surface area contributed by atoms with Crippen LogP contribution >= 0.6 is 7.82 Å². The first-order valence-electron chi connectivity index (χ1n) is 25.9. The third-order valence-corrected chi connectivity index (χ3v) is 13.1. The zero-order valence-electron chi connectivity index (χ0n) is 40.3. The van der Waals surface area contributed by atoms with Crippen LogP contribution in [0.2, 0.25) is 0 Å². The molecule has 0 fully saturated rings. The topological polar surface area (TPSA) is 105 Å². The summed E-state index contributed by atoms with van der Waals surface area (Å²) >= 11 is 0. The van der Waals surface area contributed by atoms with Crippen LogP contribution in [-0.2, 0) is 18.4 Å². The van der Waals surface area contributed by atoms with E-state index in [0.717, 1.165) is 38.5 Å². The molecule has 0 aromatic rings. The molecule has 3 N–H and O–H groups in total. The number of likely N-dealkylation sites (N-methyl/N-ethyl adjacent to an activating group) is 1. The van der Waals surface area contributed by atoms with Crippen molar-refractivity contribution in [1.29, 1.82) is 0 Å². The Balaban J connectivity index is 3.85. The predicted octanol–water partition coefficient (Wildman–Crippen LogP) is 14.9. The van der Waals surface area contributed by atoms with Crippen LogP contribution < -0.4 is 5.32 Å². The molecular weight excluding hydrogens is 756 g/mol. The van der Waals surface area contributed by atoms with Crippen molar-refractivity contribution < 1.29 is 32.9 Å². The first-order valence-corrected chi connectivity index (χ1v) is 27.4. The average molecular weight is 860 g/mol. The summed E-state index contributed by atoms with van der Waals surface area (Å²) in [6, 6.07) is -0.751. The molecule has 0 heterocycles. The summed E-state index contributed by atoms with van der Waals surface area (Å²) in [5.41, 5.74) is 0. The lowest BCUT2D eigenvalue weighted by Gasteiger charge is -2.26. The highest BCUT2D eigenvalue weighted by atomic mass is 31.2. The van der Waals surface area contributed by atoms with Crippen molar-refractivity contribution in [2.75, 3.05) is 40.9 Å². The minimum Gasteiger partial charge on any atom is -0.391 e. The summed E-state index contributed by atoms with van der Waals surface area (Å²) in [6.07, 6.45) is 49.0. The lowest BCUT2D eigenvalue weighted by atomic mass is 10.0. The second-order valence-corrected chi connectivity index (χ2v) is 20.7. The number of hydrogen-bond acceptors (Lipinski definition) is 5. The molecule has 0 saturated heterocycles. The molecule has 0 bridgehead atoms. The van der Waals surface area contributed by atoms with Crippen LogP contribution in [0.5, 0.6) is 0 Å². The first-order chi connectivity index (χ1) is 28.5. The van der Waals surface area contributed by atoms with E-state index >= 15 is 0 Å². The molecule has 0 aliphatic rings. The van der Waals surface area contributed by atoms with Gasteiger partial charge in [-0.2, -0.15) is 0 Å². The van der Waals surface area contributed by atoms with E-state index < -0.39 is 20.0 Å². The predicted molar refractivity (Wildman–Crippen MR) is 254 cm³/mol. The average Bonchev–Trinajstić information content (AvgIpc) is 3.19. The standard InChI is InChI=1S/C50H103N2O6P/c1-6-8-10-12-14-15-16-17-18-19-20-21-22-23-24-25-26-27-28-29-30-31-32-33-34-35-36-38-40-42-44-50(54)51-48(49(53)43-41-39-37-13-11-9-7-2)47-58-59(55,56)57-46-45-52(3,4)5/h48-49,53H,6-47H2,1-5H3,(H-,51,54,55,56)/p+1. The third kappa shape index (κ3) is 45.3. The number of aliphatic hydroxyl groups is 1. The molecule has 0 rings (SSSR count). The van der Waals surface area contributed by atoms with Crippen molar-refractivity contribution in [3.05, 3.63) is 0 Å². The van der Waals surface area contributed by atoms with Gasteiger partial charge in [-0.3, -0.25) is 13.8 Å². The lowest BCUT2D eigenvalue weighted by molar-refractivity contribution is -0.870. The Morgan fingerprint density at radius 2 is 0.814 bits per heavy atom. The molecule has 9 heteroatoms. The normalized spacial score (nSPS) is 14.1. The molecule has 354 valence electrons. The van der Waals surface area contributed by atoms with Gasteiger partial charge < -0.3 is 19.8 Å². The molecule has 3 unspecified atom stereocenters. The quantitative estimate of drug-likeness (QED) is 0.0320. The Kier molecular flexibility index (Phi) is 42.4. The number of nitrogens with one attached hydrogen (secondary N) is 1. The summed E-state index contributed by atoms with van der Waals surface area (Å²) in [4.78, 5) is 23.1. The van der Waals surface area contributed by atoms with Gasteiger partial charge in [-0.05, 0) is 12.8 Å². The van der Waals surface area contributed by atoms with Gasteiger partial charge in [0.2, 0.25) is 5.91 Å². The van der Waals surface area contributed by atoms with Gasteiger partial charge in [0.25, 0.3) is 0 Å². The van der Waals surface area contributed by atoms with E-state index in [1.54, 1.807) is 0 Å². The highest BCUT2D eigenvalue weighted by Crippen LogP contribution is 2.43. The zero-order valence-corrected chi connectivity index (χ0v) is 41.2. The summed E-state index contributed by atoms with van der Waals surface area (Å²) in [7, 11) is 1.63. The van der Waals surface area contributed by atoms with Gasteiger partial charge in [0.05, 0.1) is 39.9 Å². The van der Waals surface area contributed by atoms with E-state index in [1.807, 2.05) is 21.1 Å². The Labute approximate surface area is 368 Å². The molecule has 0 radical (unpaired) electrons. The maximum absolute atomic E-state index is 12.9. The smallest absolute Gasteiger partial charge is 0.391 e. The van der Waals surface area contributed by atoms with E-state index in [9.17, 15) is 19.4 Å². The summed E-state index contributed by atoms with van der Waals surface area (Å²) in [6.45, 7) is 4.87. The van der Waals surface area contributed by atoms with Crippen molar-refractivity contribution in [2.24, 2.45) is 0 Å². The Hall–Kier alpha value is -0.500. The Bertz CT molecular complexity index is 932. The second-order valence-electron chi connectivity index (χ2n) is 19.3. The van der Waals surface area contributed by atoms with Gasteiger partial charge in [-0.25, -0.2) is 4.57 Å². The molecular formula is C50H104N2O6P+. The Morgan fingerprint density at radius 3 is 1.14 bits per heavy atom. The summed E-state index contributed by atoms with van der Waals surface area (Å²) in [5, 5.41) is 13.9. The number of phosphoric ester groups is 1. The molecule has 59 heavy (non-hydrogen) atoms. The fraction of sp³-hybridized carbons (Fsp3) is 0.980. The van der Waals surface area contributed by atoms with Crippen LogP contribution in [0.15, 0.2) is 0 Å². The number of aliphatic hydroxyl groups excluding tert-OH is 1. The monoisotopic (exact) mass is 860 g/mol. The van der Waals surface area contributed by atoms with E-state index in [4.69, 9.17) is 9.05 Å². The second kappa shape index (κ2) is 42.8. The number of rotatable bonds is 48. The van der Waals surface area contributed by atoms with Crippen molar-refractivity contribution in [2.45, 2.75) is 276 Å². The fourth-order valence-electron chi connectivity index (χ4n) is 7.99. The maximum Gasteiger partial charge on any atom is 0.472 e. The van der Waals surface area contributed by atoms with Gasteiger partial charge in [0.1, 0.15) is 13.2 Å². The third-order valence-electron chi connectivity index (χ3n) is 12.1. The van der Waals surface area contributed by atoms with Crippen molar-refractivity contribution >= 4 is 13.7 Å². The van der Waals surface area contributed by atoms with Crippen LogP contribution in [0.4, 0.5) is 0 Å². The van der Waals surface area contributed by atoms with E-state index in [-0.39, 0.29) is 19.1 Å². The molecule has 0 aliphatic heterocycles. The highest BCUT2D eigenvalue weighted by Gasteiger charge is 2.28. The van der Waals surface area contributed by atoms with Crippen molar-refractivity contribution in [3.63, 3.8) is 0 Å². The van der Waals surface area contributed by atoms with Gasteiger partial charge >= 0.3 is 7.82 Å². The molecule has 1 amide bonds. The number of hydrogen-bond donors (Lipinski definition) is 3. The zero-order chi connectivity index (χ0) is 43.6. The SMILES string of the molecule is CCCCCCCCCCCCCCCCCCCCCCCCCCCCCCCCC(=O)NC(COP(=O)(O)OCC[N+](C)(C)C)C(O)CCCCCCCCC. The number of amides is 1. The van der Waals surface area contributed by atoms with E-state index in [2.05, 4.69) is 19.2 Å². The largest absolute Gasteiger partial charge is 0.472 e. The summed E-state index contributed by atoms with van der Waals surface area (Å²) in [5.74, 6) is -0.142. The number of carbonyl (C=O) groups excluding carboxylic acids is 1. The number of quaternary nitrogens is 1. The minimum atomic E-state index is -4.30. The minimum absolute atomic E-state index is 0.0779. The maximum atomic E-state index is 12.9. The molecule has 8 nitrogen and oxygen atoms in total. The van der Waals surface area contributed by atoms with E-state index in [1.165, 1.54) is 199 Å². The van der Waals surface area contributed by atoms with Gasteiger partial charge in [-0.1, -0.05) is 245 Å². The highest BCUT2D eigenvalue weighted by molar-refractivity contribution is 7.47. The molecule has 0 spiro atoms. The molecule has 3 atom stereocenters. The lowest BCUT2D eigenvalue weighted by Crippen LogP contribution is -2.46. The van der Waals surface area contributed by atoms with Crippen molar-refractivity contribution in [3.8, 4) is 0 Å². The number of phosphoric acid groups is 1. The molecule has 0 aromatic heterocycles. The first kappa shape index (κ1) is 58.5. The summed E-state index contributed by atoms with van der Waals surface area (Å²) < 4.78 is 23.5.